The van der Waals surface area contributed by atoms with Crippen LogP contribution in [0.2, 0.25) is 0 Å². The molecule has 1 aliphatic carbocycles. The molecule has 0 N–H and O–H groups in total. The van der Waals surface area contributed by atoms with Gasteiger partial charge in [-0.15, -0.1) is 0 Å². The van der Waals surface area contributed by atoms with Crippen molar-refractivity contribution in [2.45, 2.75) is 12.8 Å². The molecule has 20 heavy (non-hydrogen) atoms. The van der Waals surface area contributed by atoms with E-state index in [4.69, 9.17) is 0 Å². The van der Waals surface area contributed by atoms with Crippen LogP contribution in [-0.2, 0) is 6.42 Å². The highest BCUT2D eigenvalue weighted by Gasteiger charge is 2.18. The molecule has 3 aromatic rings. The van der Waals surface area contributed by atoms with E-state index >= 15 is 0 Å². The van der Waals surface area contributed by atoms with E-state index in [0.717, 1.165) is 12.8 Å². The van der Waals surface area contributed by atoms with Gasteiger partial charge in [0.1, 0.15) is 0 Å². The molecular formula is C18H14IN. The number of allylic oxidation sites excluding steroid dienone is 1. The number of aromatic nitrogens is 1. The number of hydrogen-bond acceptors (Lipinski definition) is 0. The number of fused-ring (bicyclic) bond motifs is 3. The third-order valence-corrected chi connectivity index (χ3v) is 4.59. The van der Waals surface area contributed by atoms with Crippen molar-refractivity contribution in [1.82, 2.24) is 4.57 Å². The summed E-state index contributed by atoms with van der Waals surface area (Å²) in [4.78, 5) is 0. The van der Waals surface area contributed by atoms with E-state index in [1.165, 1.54) is 31.4 Å². The van der Waals surface area contributed by atoms with Gasteiger partial charge in [0.25, 0.3) is 0 Å². The van der Waals surface area contributed by atoms with Gasteiger partial charge in [-0.05, 0) is 65.8 Å². The van der Waals surface area contributed by atoms with Crippen molar-refractivity contribution >= 4 is 39.6 Å². The van der Waals surface area contributed by atoms with Gasteiger partial charge in [-0.2, -0.15) is 0 Å². The first-order valence-corrected chi connectivity index (χ1v) is 7.97. The first-order chi connectivity index (χ1) is 9.84. The van der Waals surface area contributed by atoms with E-state index in [9.17, 15) is 0 Å². The summed E-state index contributed by atoms with van der Waals surface area (Å²) in [6.45, 7) is 0. The largest absolute Gasteiger partial charge is 0.313 e. The number of benzene rings is 2. The minimum absolute atomic E-state index is 1.12. The van der Waals surface area contributed by atoms with Gasteiger partial charge in [0.15, 0.2) is 0 Å². The Morgan fingerprint density at radius 2 is 1.85 bits per heavy atom. The lowest BCUT2D eigenvalue weighted by Crippen LogP contribution is -2.02. The van der Waals surface area contributed by atoms with E-state index in [0.29, 0.717) is 0 Å². The molecule has 0 fully saturated rings. The molecule has 1 nitrogen and oxygen atoms in total. The zero-order chi connectivity index (χ0) is 13.5. The Kier molecular flexibility index (Phi) is 2.91. The Morgan fingerprint density at radius 3 is 2.70 bits per heavy atom. The molecule has 4 rings (SSSR count). The Morgan fingerprint density at radius 1 is 1.00 bits per heavy atom. The maximum Gasteiger partial charge on any atom is 0.0538 e. The average Bonchev–Trinajstić information content (AvgIpc) is 2.82. The molecule has 0 radical (unpaired) electrons. The standard InChI is InChI=1S/C18H14IN/c19-13-10-11-18-16(12-13)15-8-4-5-9-17(15)20(18)14-6-2-1-3-7-14/h1-4,6-8,10-12H,5,9H2. The fourth-order valence-corrected chi connectivity index (χ4v) is 3.56. The molecule has 0 aliphatic heterocycles. The summed E-state index contributed by atoms with van der Waals surface area (Å²) < 4.78 is 3.71. The van der Waals surface area contributed by atoms with Crippen LogP contribution in [0.1, 0.15) is 17.7 Å². The van der Waals surface area contributed by atoms with Crippen molar-refractivity contribution in [3.05, 3.63) is 69.4 Å². The molecule has 1 heterocycles. The maximum atomic E-state index is 2.42. The lowest BCUT2D eigenvalue weighted by molar-refractivity contribution is 0.888. The predicted molar refractivity (Wildman–Crippen MR) is 93.3 cm³/mol. The third kappa shape index (κ3) is 1.82. The van der Waals surface area contributed by atoms with Gasteiger partial charge in [0.05, 0.1) is 5.52 Å². The lowest BCUT2D eigenvalue weighted by atomic mass is 10.0. The molecule has 0 spiro atoms. The summed E-state index contributed by atoms with van der Waals surface area (Å²) in [6.07, 6.45) is 6.83. The second-order valence-corrected chi connectivity index (χ2v) is 6.38. The molecular weight excluding hydrogens is 357 g/mol. The van der Waals surface area contributed by atoms with Gasteiger partial charge in [0, 0.05) is 25.9 Å². The van der Waals surface area contributed by atoms with Crippen molar-refractivity contribution < 1.29 is 0 Å². The fourth-order valence-electron chi connectivity index (χ4n) is 3.07. The van der Waals surface area contributed by atoms with Crippen LogP contribution >= 0.6 is 22.6 Å². The molecule has 0 amide bonds. The number of hydrogen-bond donors (Lipinski definition) is 0. The monoisotopic (exact) mass is 371 g/mol. The normalized spacial score (nSPS) is 13.7. The fraction of sp³-hybridized carbons (Fsp3) is 0.111. The van der Waals surface area contributed by atoms with Crippen LogP contribution in [0.5, 0.6) is 0 Å². The summed E-state index contributed by atoms with van der Waals surface area (Å²) >= 11 is 2.39. The maximum absolute atomic E-state index is 2.42. The van der Waals surface area contributed by atoms with E-state index in [-0.39, 0.29) is 0 Å². The van der Waals surface area contributed by atoms with E-state index in [2.05, 4.69) is 87.8 Å². The lowest BCUT2D eigenvalue weighted by Gasteiger charge is -2.13. The molecule has 2 aromatic carbocycles. The van der Waals surface area contributed by atoms with Crippen molar-refractivity contribution in [1.29, 1.82) is 0 Å². The van der Waals surface area contributed by atoms with Crippen LogP contribution in [0.15, 0.2) is 54.6 Å². The van der Waals surface area contributed by atoms with Crippen LogP contribution < -0.4 is 0 Å². The highest BCUT2D eigenvalue weighted by Crippen LogP contribution is 2.34. The second kappa shape index (κ2) is 4.77. The van der Waals surface area contributed by atoms with E-state index in [1.807, 2.05) is 0 Å². The third-order valence-electron chi connectivity index (χ3n) is 3.92. The predicted octanol–water partition coefficient (Wildman–Crippen LogP) is 5.19. The molecule has 1 aliphatic rings. The van der Waals surface area contributed by atoms with Gasteiger partial charge >= 0.3 is 0 Å². The van der Waals surface area contributed by atoms with Crippen molar-refractivity contribution in [3.8, 4) is 5.69 Å². The van der Waals surface area contributed by atoms with Gasteiger partial charge in [-0.1, -0.05) is 30.4 Å². The molecule has 98 valence electrons. The molecule has 1 aromatic heterocycles. The number of nitrogens with zero attached hydrogens (tertiary/aromatic N) is 1. The van der Waals surface area contributed by atoms with Crippen LogP contribution in [0.4, 0.5) is 0 Å². The highest BCUT2D eigenvalue weighted by atomic mass is 127. The molecule has 0 bridgehead atoms. The van der Waals surface area contributed by atoms with Gasteiger partial charge in [-0.3, -0.25) is 0 Å². The topological polar surface area (TPSA) is 4.93 Å². The molecule has 0 saturated heterocycles. The number of halogens is 1. The van der Waals surface area contributed by atoms with Crippen LogP contribution in [0.25, 0.3) is 22.7 Å². The summed E-state index contributed by atoms with van der Waals surface area (Å²) in [5, 5.41) is 1.37. The average molecular weight is 371 g/mol. The SMILES string of the molecule is Ic1ccc2c(c1)c1c(n2-c2ccccc2)CCC=C1. The number of para-hydroxylation sites is 1. The van der Waals surface area contributed by atoms with Crippen LogP contribution in [0, 0.1) is 3.57 Å². The number of rotatable bonds is 1. The summed E-state index contributed by atoms with van der Waals surface area (Å²) in [7, 11) is 0. The molecule has 0 atom stereocenters. The van der Waals surface area contributed by atoms with Gasteiger partial charge < -0.3 is 4.57 Å². The highest BCUT2D eigenvalue weighted by molar-refractivity contribution is 14.1. The van der Waals surface area contributed by atoms with Crippen molar-refractivity contribution in [3.63, 3.8) is 0 Å². The minimum atomic E-state index is 1.12. The van der Waals surface area contributed by atoms with Crippen molar-refractivity contribution in [2.75, 3.05) is 0 Å². The van der Waals surface area contributed by atoms with Crippen molar-refractivity contribution in [2.24, 2.45) is 0 Å². The van der Waals surface area contributed by atoms with E-state index in [1.54, 1.807) is 0 Å². The molecule has 0 unspecified atom stereocenters. The summed E-state index contributed by atoms with van der Waals surface area (Å²) in [5.74, 6) is 0. The van der Waals surface area contributed by atoms with Crippen LogP contribution in [0.3, 0.4) is 0 Å². The van der Waals surface area contributed by atoms with Crippen LogP contribution in [-0.4, -0.2) is 4.57 Å². The Bertz CT molecular complexity index is 812. The second-order valence-electron chi connectivity index (χ2n) is 5.13. The Balaban J connectivity index is 2.13. The quantitative estimate of drug-likeness (QED) is 0.519. The zero-order valence-corrected chi connectivity index (χ0v) is 13.2. The summed E-state index contributed by atoms with van der Waals surface area (Å²) in [6, 6.07) is 17.4. The Hall–Kier alpha value is -1.55. The zero-order valence-electron chi connectivity index (χ0n) is 11.0. The molecule has 0 saturated carbocycles. The first kappa shape index (κ1) is 12.2. The first-order valence-electron chi connectivity index (χ1n) is 6.89. The molecule has 2 heteroatoms. The summed E-state index contributed by atoms with van der Waals surface area (Å²) in [5.41, 5.74) is 5.41. The van der Waals surface area contributed by atoms with Gasteiger partial charge in [0.2, 0.25) is 0 Å². The van der Waals surface area contributed by atoms with E-state index < -0.39 is 0 Å². The smallest absolute Gasteiger partial charge is 0.0538 e. The van der Waals surface area contributed by atoms with Gasteiger partial charge in [-0.25, -0.2) is 0 Å². The minimum Gasteiger partial charge on any atom is -0.313 e. The Labute approximate surface area is 132 Å².